The molecule has 1 aromatic rings. The van der Waals surface area contributed by atoms with Gasteiger partial charge in [0.1, 0.15) is 0 Å². The highest BCUT2D eigenvalue weighted by Gasteiger charge is 2.10. The molecule has 1 heteroatoms. The smallest absolute Gasteiger partial charge is 0.163 e. The Bertz CT molecular complexity index is 348. The van der Waals surface area contributed by atoms with Crippen LogP contribution < -0.4 is 0 Å². The number of carbonyl (C=O) groups excluding carboxylic acids is 1. The number of carbonyl (C=O) groups is 1. The van der Waals surface area contributed by atoms with Crippen LogP contribution in [0.5, 0.6) is 0 Å². The Morgan fingerprint density at radius 1 is 1.12 bits per heavy atom. The second-order valence-electron chi connectivity index (χ2n) is 5.30. The van der Waals surface area contributed by atoms with E-state index in [1.807, 2.05) is 12.1 Å². The molecule has 0 heterocycles. The molecule has 0 radical (unpaired) electrons. The van der Waals surface area contributed by atoms with Gasteiger partial charge in [-0.15, -0.1) is 0 Å². The zero-order valence-corrected chi connectivity index (χ0v) is 11.5. The summed E-state index contributed by atoms with van der Waals surface area (Å²) < 4.78 is 0. The zero-order chi connectivity index (χ0) is 12.8. The molecule has 1 unspecified atom stereocenters. The third-order valence-electron chi connectivity index (χ3n) is 3.21. The van der Waals surface area contributed by atoms with Crippen LogP contribution in [-0.4, -0.2) is 5.78 Å². The van der Waals surface area contributed by atoms with E-state index >= 15 is 0 Å². The maximum absolute atomic E-state index is 12.0. The number of benzene rings is 1. The van der Waals surface area contributed by atoms with Gasteiger partial charge in [0, 0.05) is 12.0 Å². The molecular weight excluding hydrogens is 208 g/mol. The van der Waals surface area contributed by atoms with Crippen molar-refractivity contribution in [2.75, 3.05) is 0 Å². The molecule has 0 aliphatic carbocycles. The molecule has 0 saturated carbocycles. The molecule has 1 rings (SSSR count). The van der Waals surface area contributed by atoms with Gasteiger partial charge in [-0.1, -0.05) is 64.8 Å². The summed E-state index contributed by atoms with van der Waals surface area (Å²) in [6, 6.07) is 8.08. The molecule has 0 saturated heterocycles. The first-order valence-corrected chi connectivity index (χ1v) is 6.67. The van der Waals surface area contributed by atoms with Crippen molar-refractivity contribution in [1.82, 2.24) is 0 Å². The van der Waals surface area contributed by atoms with Crippen LogP contribution in [0.25, 0.3) is 0 Å². The van der Waals surface area contributed by atoms with E-state index in [2.05, 4.69) is 39.8 Å². The first kappa shape index (κ1) is 14.0. The normalized spacial score (nSPS) is 12.8. The molecule has 94 valence electrons. The van der Waals surface area contributed by atoms with E-state index in [-0.39, 0.29) is 5.78 Å². The molecule has 1 atom stereocenters. The van der Waals surface area contributed by atoms with Gasteiger partial charge in [-0.25, -0.2) is 0 Å². The fraction of sp³-hybridized carbons (Fsp3) is 0.562. The minimum Gasteiger partial charge on any atom is -0.294 e. The van der Waals surface area contributed by atoms with Crippen LogP contribution in [0.1, 0.15) is 68.8 Å². The van der Waals surface area contributed by atoms with Crippen LogP contribution in [0.4, 0.5) is 0 Å². The number of ketones is 1. The van der Waals surface area contributed by atoms with Crippen molar-refractivity contribution in [3.8, 4) is 0 Å². The average Bonchev–Trinajstić information content (AvgIpc) is 2.29. The summed E-state index contributed by atoms with van der Waals surface area (Å²) in [5.41, 5.74) is 2.15. The molecule has 1 aromatic carbocycles. The summed E-state index contributed by atoms with van der Waals surface area (Å²) in [6.45, 7) is 8.66. The lowest BCUT2D eigenvalue weighted by Crippen LogP contribution is -2.06. The maximum Gasteiger partial charge on any atom is 0.163 e. The predicted molar refractivity (Wildman–Crippen MR) is 73.6 cm³/mol. The van der Waals surface area contributed by atoms with E-state index in [4.69, 9.17) is 0 Å². The molecule has 0 aliphatic heterocycles. The highest BCUT2D eigenvalue weighted by Crippen LogP contribution is 2.18. The fourth-order valence-corrected chi connectivity index (χ4v) is 2.08. The van der Waals surface area contributed by atoms with E-state index in [0.29, 0.717) is 18.3 Å². The summed E-state index contributed by atoms with van der Waals surface area (Å²) in [5, 5.41) is 0. The topological polar surface area (TPSA) is 17.1 Å². The summed E-state index contributed by atoms with van der Waals surface area (Å²) in [4.78, 5) is 12.0. The third kappa shape index (κ3) is 4.33. The Balaban J connectivity index is 2.63. The van der Waals surface area contributed by atoms with Crippen molar-refractivity contribution in [1.29, 1.82) is 0 Å². The van der Waals surface area contributed by atoms with Crippen molar-refractivity contribution in [3.63, 3.8) is 0 Å². The average molecular weight is 232 g/mol. The SMILES string of the molecule is CCCC(C)CC(=O)c1ccc(C(C)C)cc1. The number of hydrogen-bond donors (Lipinski definition) is 0. The van der Waals surface area contributed by atoms with Gasteiger partial charge in [-0.05, 0) is 17.4 Å². The van der Waals surface area contributed by atoms with Gasteiger partial charge in [-0.2, -0.15) is 0 Å². The Hall–Kier alpha value is -1.11. The first-order chi connectivity index (χ1) is 8.04. The highest BCUT2D eigenvalue weighted by atomic mass is 16.1. The Labute approximate surface area is 105 Å². The monoisotopic (exact) mass is 232 g/mol. The molecule has 0 aromatic heterocycles. The van der Waals surface area contributed by atoms with Gasteiger partial charge in [0.2, 0.25) is 0 Å². The van der Waals surface area contributed by atoms with Crippen LogP contribution >= 0.6 is 0 Å². The summed E-state index contributed by atoms with van der Waals surface area (Å²) in [6.07, 6.45) is 2.96. The van der Waals surface area contributed by atoms with Crippen molar-refractivity contribution in [2.24, 2.45) is 5.92 Å². The highest BCUT2D eigenvalue weighted by molar-refractivity contribution is 5.96. The van der Waals surface area contributed by atoms with Crippen molar-refractivity contribution in [2.45, 2.75) is 52.9 Å². The third-order valence-corrected chi connectivity index (χ3v) is 3.21. The van der Waals surface area contributed by atoms with Crippen molar-refractivity contribution < 1.29 is 4.79 Å². The Morgan fingerprint density at radius 3 is 2.18 bits per heavy atom. The van der Waals surface area contributed by atoms with Gasteiger partial charge in [-0.3, -0.25) is 4.79 Å². The van der Waals surface area contributed by atoms with Crippen LogP contribution in [-0.2, 0) is 0 Å². The minimum absolute atomic E-state index is 0.279. The van der Waals surface area contributed by atoms with Crippen molar-refractivity contribution in [3.05, 3.63) is 35.4 Å². The molecule has 0 fully saturated rings. The Morgan fingerprint density at radius 2 is 1.71 bits per heavy atom. The summed E-state index contributed by atoms with van der Waals surface area (Å²) >= 11 is 0. The molecule has 0 N–H and O–H groups in total. The fourth-order valence-electron chi connectivity index (χ4n) is 2.08. The molecular formula is C16H24O. The molecule has 1 nitrogen and oxygen atoms in total. The quantitative estimate of drug-likeness (QED) is 0.643. The largest absolute Gasteiger partial charge is 0.294 e. The van der Waals surface area contributed by atoms with E-state index in [0.717, 1.165) is 18.4 Å². The van der Waals surface area contributed by atoms with Gasteiger partial charge in [0.15, 0.2) is 5.78 Å². The molecule has 17 heavy (non-hydrogen) atoms. The van der Waals surface area contributed by atoms with Gasteiger partial charge in [0.25, 0.3) is 0 Å². The van der Waals surface area contributed by atoms with Crippen LogP contribution in [0.15, 0.2) is 24.3 Å². The summed E-state index contributed by atoms with van der Waals surface area (Å²) in [5.74, 6) is 1.30. The first-order valence-electron chi connectivity index (χ1n) is 6.67. The van der Waals surface area contributed by atoms with Crippen LogP contribution in [0.3, 0.4) is 0 Å². The van der Waals surface area contributed by atoms with E-state index < -0.39 is 0 Å². The van der Waals surface area contributed by atoms with E-state index in [1.165, 1.54) is 5.56 Å². The van der Waals surface area contributed by atoms with Crippen molar-refractivity contribution >= 4 is 5.78 Å². The number of Topliss-reactive ketones (excluding diaryl/α,β-unsaturated/α-hetero) is 1. The van der Waals surface area contributed by atoms with Crippen LogP contribution in [0, 0.1) is 5.92 Å². The lowest BCUT2D eigenvalue weighted by Gasteiger charge is -2.10. The molecule has 0 spiro atoms. The lowest BCUT2D eigenvalue weighted by molar-refractivity contribution is 0.0962. The molecule has 0 bridgehead atoms. The van der Waals surface area contributed by atoms with Gasteiger partial charge in [0.05, 0.1) is 0 Å². The Kier molecular flexibility index (Phi) is 5.40. The van der Waals surface area contributed by atoms with Gasteiger partial charge < -0.3 is 0 Å². The minimum atomic E-state index is 0.279. The lowest BCUT2D eigenvalue weighted by atomic mass is 9.94. The van der Waals surface area contributed by atoms with Crippen LogP contribution in [0.2, 0.25) is 0 Å². The second-order valence-corrected chi connectivity index (χ2v) is 5.30. The summed E-state index contributed by atoms with van der Waals surface area (Å²) in [7, 11) is 0. The molecule has 0 aliphatic rings. The zero-order valence-electron chi connectivity index (χ0n) is 11.5. The van der Waals surface area contributed by atoms with Gasteiger partial charge >= 0.3 is 0 Å². The van der Waals surface area contributed by atoms with E-state index in [1.54, 1.807) is 0 Å². The number of hydrogen-bond acceptors (Lipinski definition) is 1. The number of rotatable bonds is 6. The predicted octanol–water partition coefficient (Wildman–Crippen LogP) is 4.82. The maximum atomic E-state index is 12.0. The van der Waals surface area contributed by atoms with E-state index in [9.17, 15) is 4.79 Å². The second kappa shape index (κ2) is 6.58. The standard InChI is InChI=1S/C16H24O/c1-5-6-13(4)11-16(17)15-9-7-14(8-10-15)12(2)3/h7-10,12-13H,5-6,11H2,1-4H3. The molecule has 0 amide bonds.